The van der Waals surface area contributed by atoms with Crippen molar-refractivity contribution in [1.29, 1.82) is 0 Å². The largest absolute Gasteiger partial charge is 0.379 e. The molecule has 1 fully saturated rings. The minimum absolute atomic E-state index is 0.0666. The van der Waals surface area contributed by atoms with Crippen LogP contribution in [0.1, 0.15) is 5.56 Å². The van der Waals surface area contributed by atoms with Crippen LogP contribution >= 0.6 is 0 Å². The van der Waals surface area contributed by atoms with Crippen molar-refractivity contribution in [3.8, 4) is 0 Å². The highest BCUT2D eigenvalue weighted by Gasteiger charge is 2.06. The highest BCUT2D eigenvalue weighted by Crippen LogP contribution is 2.08. The molecule has 0 spiro atoms. The van der Waals surface area contributed by atoms with Gasteiger partial charge >= 0.3 is 0 Å². The Kier molecular flexibility index (Phi) is 5.57. The van der Waals surface area contributed by atoms with Gasteiger partial charge in [-0.3, -0.25) is 4.55 Å². The lowest BCUT2D eigenvalue weighted by Crippen LogP contribution is -2.30. The zero-order chi connectivity index (χ0) is 12.7. The maximum atomic E-state index is 10.5. The van der Waals surface area contributed by atoms with E-state index in [1.165, 1.54) is 12.1 Å². The fourth-order valence-corrected chi connectivity index (χ4v) is 1.71. The van der Waals surface area contributed by atoms with Gasteiger partial charge in [-0.1, -0.05) is 17.7 Å². The molecule has 17 heavy (non-hydrogen) atoms. The minimum Gasteiger partial charge on any atom is -0.379 e. The molecule has 1 aromatic rings. The van der Waals surface area contributed by atoms with E-state index in [-0.39, 0.29) is 4.90 Å². The molecule has 1 aliphatic heterocycles. The molecule has 0 bridgehead atoms. The van der Waals surface area contributed by atoms with Gasteiger partial charge in [0, 0.05) is 13.1 Å². The topological polar surface area (TPSA) is 75.6 Å². The SMILES string of the molecule is C1COCCN1.Cc1ccc(S(=O)(=O)O)cc1. The number of aryl methyl sites for hydroxylation is 1. The number of benzene rings is 1. The third kappa shape index (κ3) is 5.78. The maximum absolute atomic E-state index is 10.5. The molecule has 96 valence electrons. The van der Waals surface area contributed by atoms with E-state index in [1.54, 1.807) is 12.1 Å². The van der Waals surface area contributed by atoms with Gasteiger partial charge < -0.3 is 10.1 Å². The number of hydrogen-bond donors (Lipinski definition) is 2. The van der Waals surface area contributed by atoms with Crippen molar-refractivity contribution in [2.45, 2.75) is 11.8 Å². The minimum atomic E-state index is -4.02. The van der Waals surface area contributed by atoms with E-state index in [2.05, 4.69) is 5.32 Å². The molecule has 2 rings (SSSR count). The lowest BCUT2D eigenvalue weighted by molar-refractivity contribution is 0.109. The fraction of sp³-hybridized carbons (Fsp3) is 0.455. The van der Waals surface area contributed by atoms with Crippen molar-refractivity contribution in [3.05, 3.63) is 29.8 Å². The van der Waals surface area contributed by atoms with E-state index >= 15 is 0 Å². The van der Waals surface area contributed by atoms with Crippen molar-refractivity contribution in [2.24, 2.45) is 0 Å². The van der Waals surface area contributed by atoms with Crippen LogP contribution in [0.2, 0.25) is 0 Å². The smallest absolute Gasteiger partial charge is 0.294 e. The number of morpholine rings is 1. The Hall–Kier alpha value is -0.950. The van der Waals surface area contributed by atoms with Crippen molar-refractivity contribution >= 4 is 10.1 Å². The second-order valence-corrected chi connectivity index (χ2v) is 5.07. The Labute approximate surface area is 102 Å². The molecule has 1 heterocycles. The molecule has 0 saturated carbocycles. The lowest BCUT2D eigenvalue weighted by Gasteiger charge is -2.10. The van der Waals surface area contributed by atoms with Crippen molar-refractivity contribution in [2.75, 3.05) is 26.3 Å². The summed E-state index contributed by atoms with van der Waals surface area (Å²) in [5, 5.41) is 3.16. The Bertz CT molecular complexity index is 412. The number of hydrogen-bond acceptors (Lipinski definition) is 4. The van der Waals surface area contributed by atoms with E-state index in [0.717, 1.165) is 31.9 Å². The average Bonchev–Trinajstić information content (AvgIpc) is 2.31. The Balaban J connectivity index is 0.000000202. The molecule has 0 unspecified atom stereocenters. The van der Waals surface area contributed by atoms with Gasteiger partial charge in [0.25, 0.3) is 10.1 Å². The first-order valence-corrected chi connectivity index (χ1v) is 6.77. The molecular weight excluding hydrogens is 242 g/mol. The third-order valence-corrected chi connectivity index (χ3v) is 3.03. The molecule has 1 aliphatic rings. The monoisotopic (exact) mass is 259 g/mol. The van der Waals surface area contributed by atoms with Crippen LogP contribution in [0.4, 0.5) is 0 Å². The predicted octanol–water partition coefficient (Wildman–Crippen LogP) is 0.848. The zero-order valence-corrected chi connectivity index (χ0v) is 10.5. The van der Waals surface area contributed by atoms with Crippen LogP contribution in [0.15, 0.2) is 29.2 Å². The summed E-state index contributed by atoms with van der Waals surface area (Å²) in [4.78, 5) is -0.0666. The molecule has 1 saturated heterocycles. The fourth-order valence-electron chi connectivity index (χ4n) is 1.23. The summed E-state index contributed by atoms with van der Waals surface area (Å²) in [7, 11) is -4.02. The molecular formula is C11H17NO4S. The first kappa shape index (κ1) is 14.1. The second-order valence-electron chi connectivity index (χ2n) is 3.65. The molecule has 6 heteroatoms. The molecule has 5 nitrogen and oxygen atoms in total. The third-order valence-electron chi connectivity index (χ3n) is 2.17. The Morgan fingerprint density at radius 3 is 2.00 bits per heavy atom. The second kappa shape index (κ2) is 6.70. The highest BCUT2D eigenvalue weighted by molar-refractivity contribution is 7.85. The van der Waals surface area contributed by atoms with Crippen LogP contribution in [-0.2, 0) is 14.9 Å². The quantitative estimate of drug-likeness (QED) is 0.731. The van der Waals surface area contributed by atoms with E-state index in [0.29, 0.717) is 0 Å². The molecule has 0 atom stereocenters. The van der Waals surface area contributed by atoms with Crippen molar-refractivity contribution in [1.82, 2.24) is 5.32 Å². The molecule has 1 aromatic carbocycles. The van der Waals surface area contributed by atoms with Gasteiger partial charge in [0.05, 0.1) is 18.1 Å². The van der Waals surface area contributed by atoms with Gasteiger partial charge in [0.15, 0.2) is 0 Å². The summed E-state index contributed by atoms with van der Waals surface area (Å²) in [5.74, 6) is 0. The van der Waals surface area contributed by atoms with E-state index in [9.17, 15) is 8.42 Å². The maximum Gasteiger partial charge on any atom is 0.294 e. The summed E-state index contributed by atoms with van der Waals surface area (Å²) in [6.45, 7) is 5.67. The van der Waals surface area contributed by atoms with Crippen LogP contribution in [0.25, 0.3) is 0 Å². The normalized spacial score (nSPS) is 15.9. The van der Waals surface area contributed by atoms with Gasteiger partial charge in [-0.05, 0) is 19.1 Å². The molecule has 0 radical (unpaired) electrons. The summed E-state index contributed by atoms with van der Waals surface area (Å²) < 4.78 is 34.6. The van der Waals surface area contributed by atoms with Crippen LogP contribution in [0.5, 0.6) is 0 Å². The van der Waals surface area contributed by atoms with Crippen molar-refractivity contribution < 1.29 is 17.7 Å². The van der Waals surface area contributed by atoms with E-state index < -0.39 is 10.1 Å². The zero-order valence-electron chi connectivity index (χ0n) is 9.72. The standard InChI is InChI=1S/C7H8O3S.C4H9NO/c1-6-2-4-7(5-3-6)11(8,9)10;1-3-6-4-2-5-1/h2-5H,1H3,(H,8,9,10);5H,1-4H2. The molecule has 0 amide bonds. The van der Waals surface area contributed by atoms with Gasteiger partial charge in [-0.25, -0.2) is 0 Å². The Morgan fingerprint density at radius 1 is 1.18 bits per heavy atom. The highest BCUT2D eigenvalue weighted by atomic mass is 32.2. The van der Waals surface area contributed by atoms with E-state index in [1.807, 2.05) is 6.92 Å². The van der Waals surface area contributed by atoms with Crippen LogP contribution in [0, 0.1) is 6.92 Å². The van der Waals surface area contributed by atoms with E-state index in [4.69, 9.17) is 9.29 Å². The molecule has 0 aromatic heterocycles. The Morgan fingerprint density at radius 2 is 1.71 bits per heavy atom. The summed E-state index contributed by atoms with van der Waals surface area (Å²) >= 11 is 0. The van der Waals surface area contributed by atoms with Crippen LogP contribution in [-0.4, -0.2) is 39.3 Å². The van der Waals surface area contributed by atoms with Gasteiger partial charge in [0.2, 0.25) is 0 Å². The summed E-state index contributed by atoms with van der Waals surface area (Å²) in [6.07, 6.45) is 0. The molecule has 2 N–H and O–H groups in total. The van der Waals surface area contributed by atoms with Crippen LogP contribution in [0.3, 0.4) is 0 Å². The molecule has 0 aliphatic carbocycles. The van der Waals surface area contributed by atoms with Gasteiger partial charge in [0.1, 0.15) is 0 Å². The lowest BCUT2D eigenvalue weighted by atomic mass is 10.2. The predicted molar refractivity (Wildman–Crippen MR) is 64.7 cm³/mol. The van der Waals surface area contributed by atoms with Crippen molar-refractivity contribution in [3.63, 3.8) is 0 Å². The summed E-state index contributed by atoms with van der Waals surface area (Å²) in [5.41, 5.74) is 0.956. The van der Waals surface area contributed by atoms with Gasteiger partial charge in [-0.15, -0.1) is 0 Å². The first-order valence-electron chi connectivity index (χ1n) is 5.33. The summed E-state index contributed by atoms with van der Waals surface area (Å²) in [6, 6.07) is 5.99. The number of rotatable bonds is 1. The van der Waals surface area contributed by atoms with Gasteiger partial charge in [-0.2, -0.15) is 8.42 Å². The first-order chi connectivity index (χ1) is 8.00. The van der Waals surface area contributed by atoms with Crippen LogP contribution < -0.4 is 5.32 Å². The average molecular weight is 259 g/mol. The number of nitrogens with one attached hydrogen (secondary N) is 1. The number of ether oxygens (including phenoxy) is 1.